The summed E-state index contributed by atoms with van der Waals surface area (Å²) in [6.45, 7) is 3.47. The van der Waals surface area contributed by atoms with Gasteiger partial charge in [0.1, 0.15) is 17.4 Å². The van der Waals surface area contributed by atoms with Gasteiger partial charge >= 0.3 is 11.9 Å². The van der Waals surface area contributed by atoms with Crippen molar-refractivity contribution in [2.24, 2.45) is 5.73 Å². The fourth-order valence-corrected chi connectivity index (χ4v) is 2.39. The maximum atomic E-state index is 11.5. The van der Waals surface area contributed by atoms with Crippen LogP contribution in [0.1, 0.15) is 30.0 Å². The van der Waals surface area contributed by atoms with Crippen molar-refractivity contribution in [1.82, 2.24) is 0 Å². The van der Waals surface area contributed by atoms with E-state index in [2.05, 4.69) is 4.74 Å². The fourth-order valence-electron chi connectivity index (χ4n) is 1.38. The van der Waals surface area contributed by atoms with Crippen LogP contribution in [-0.2, 0) is 15.3 Å². The zero-order valence-corrected chi connectivity index (χ0v) is 11.8. The molecule has 0 radical (unpaired) electrons. The summed E-state index contributed by atoms with van der Waals surface area (Å²) in [6.07, 6.45) is 1.40. The Morgan fingerprint density at radius 2 is 2.21 bits per heavy atom. The molecule has 0 amide bonds. The highest BCUT2D eigenvalue weighted by Gasteiger charge is 2.33. The van der Waals surface area contributed by atoms with E-state index in [1.54, 1.807) is 13.8 Å². The van der Waals surface area contributed by atoms with Gasteiger partial charge in [-0.1, -0.05) is 0 Å². The number of hydrogen-bond donors (Lipinski definition) is 2. The summed E-state index contributed by atoms with van der Waals surface area (Å²) < 4.78 is 9.15. The van der Waals surface area contributed by atoms with Gasteiger partial charge in [-0.25, -0.2) is 4.79 Å². The van der Waals surface area contributed by atoms with Gasteiger partial charge in [-0.3, -0.25) is 4.79 Å². The van der Waals surface area contributed by atoms with Crippen molar-refractivity contribution in [3.8, 4) is 0 Å². The molecule has 0 saturated carbocycles. The molecule has 1 heterocycles. The van der Waals surface area contributed by atoms with E-state index in [-0.39, 0.29) is 0 Å². The van der Waals surface area contributed by atoms with Crippen LogP contribution in [-0.4, -0.2) is 34.9 Å². The summed E-state index contributed by atoms with van der Waals surface area (Å²) in [6, 6.07) is 0.514. The highest BCUT2D eigenvalue weighted by atomic mass is 32.2. The van der Waals surface area contributed by atoms with Gasteiger partial charge in [0.05, 0.1) is 19.1 Å². The van der Waals surface area contributed by atoms with Crippen molar-refractivity contribution in [3.05, 3.63) is 23.7 Å². The number of esters is 1. The maximum absolute atomic E-state index is 11.5. The van der Waals surface area contributed by atoms with Crippen LogP contribution in [0, 0.1) is 0 Å². The Labute approximate surface area is 115 Å². The lowest BCUT2D eigenvalue weighted by Gasteiger charge is -2.27. The van der Waals surface area contributed by atoms with E-state index in [4.69, 9.17) is 15.3 Å². The van der Waals surface area contributed by atoms with E-state index in [1.165, 1.54) is 31.2 Å². The van der Waals surface area contributed by atoms with Crippen LogP contribution in [0.3, 0.4) is 0 Å². The number of rotatable bonds is 6. The second-order valence-corrected chi connectivity index (χ2v) is 6.09. The molecule has 6 nitrogen and oxygen atoms in total. The Hall–Kier alpha value is -1.47. The molecule has 0 aliphatic rings. The zero-order valence-electron chi connectivity index (χ0n) is 11.0. The summed E-state index contributed by atoms with van der Waals surface area (Å²) in [5.41, 5.74) is 5.96. The molecular formula is C12H17NO5S. The van der Waals surface area contributed by atoms with Crippen LogP contribution in [0.25, 0.3) is 0 Å². The van der Waals surface area contributed by atoms with Crippen molar-refractivity contribution in [2.75, 3.05) is 7.11 Å². The Morgan fingerprint density at radius 3 is 2.74 bits per heavy atom. The number of hydrogen-bond acceptors (Lipinski definition) is 6. The van der Waals surface area contributed by atoms with Gasteiger partial charge < -0.3 is 20.0 Å². The molecule has 0 aromatic carbocycles. The molecule has 0 unspecified atom stereocenters. The minimum atomic E-state index is -1.06. The first kappa shape index (κ1) is 15.6. The Balaban J connectivity index is 2.74. The standard InChI is InChI=1S/C12H17NO5S/c1-12(2,9(13)10(14)15)19-6-8-7(4-5-18-8)11(16)17-3/h4-5,9H,6,13H2,1-3H3,(H,14,15)/t9-/m0/s1. The molecule has 0 fully saturated rings. The first-order valence-corrected chi connectivity index (χ1v) is 6.55. The quantitative estimate of drug-likeness (QED) is 0.764. The lowest BCUT2D eigenvalue weighted by molar-refractivity contribution is -0.139. The van der Waals surface area contributed by atoms with Crippen LogP contribution in [0.4, 0.5) is 0 Å². The number of methoxy groups -OCH3 is 1. The number of thioether (sulfide) groups is 1. The Morgan fingerprint density at radius 1 is 1.58 bits per heavy atom. The van der Waals surface area contributed by atoms with Gasteiger partial charge in [0.2, 0.25) is 0 Å². The van der Waals surface area contributed by atoms with E-state index >= 15 is 0 Å². The monoisotopic (exact) mass is 287 g/mol. The lowest BCUT2D eigenvalue weighted by atomic mass is 10.1. The summed E-state index contributed by atoms with van der Waals surface area (Å²) in [7, 11) is 1.29. The third kappa shape index (κ3) is 3.74. The van der Waals surface area contributed by atoms with Gasteiger partial charge in [-0.15, -0.1) is 11.8 Å². The van der Waals surface area contributed by atoms with Crippen molar-refractivity contribution in [3.63, 3.8) is 0 Å². The van der Waals surface area contributed by atoms with Crippen LogP contribution in [0.15, 0.2) is 16.7 Å². The second-order valence-electron chi connectivity index (χ2n) is 4.46. The maximum Gasteiger partial charge on any atom is 0.341 e. The van der Waals surface area contributed by atoms with Crippen LogP contribution in [0.2, 0.25) is 0 Å². The van der Waals surface area contributed by atoms with Gasteiger partial charge in [-0.2, -0.15) is 0 Å². The SMILES string of the molecule is COC(=O)c1ccoc1CSC(C)(C)[C@@H](N)C(=O)O. The van der Waals surface area contributed by atoms with Gasteiger partial charge in [0.15, 0.2) is 0 Å². The summed E-state index contributed by atoms with van der Waals surface area (Å²) >= 11 is 1.31. The highest BCUT2D eigenvalue weighted by molar-refractivity contribution is 7.99. The molecule has 1 rings (SSSR count). The normalized spacial score (nSPS) is 13.1. The topological polar surface area (TPSA) is 103 Å². The van der Waals surface area contributed by atoms with Crippen molar-refractivity contribution >= 4 is 23.7 Å². The third-order valence-corrected chi connectivity index (χ3v) is 4.15. The van der Waals surface area contributed by atoms with Crippen LogP contribution in [0.5, 0.6) is 0 Å². The molecule has 7 heteroatoms. The molecular weight excluding hydrogens is 270 g/mol. The van der Waals surface area contributed by atoms with E-state index in [0.29, 0.717) is 17.1 Å². The van der Waals surface area contributed by atoms with Gasteiger partial charge in [0, 0.05) is 4.75 Å². The Bertz CT molecular complexity index is 468. The molecule has 1 atom stereocenters. The minimum Gasteiger partial charge on any atom is -0.480 e. The fraction of sp³-hybridized carbons (Fsp3) is 0.500. The molecule has 0 bridgehead atoms. The molecule has 0 saturated heterocycles. The van der Waals surface area contributed by atoms with Crippen LogP contribution < -0.4 is 5.73 Å². The largest absolute Gasteiger partial charge is 0.480 e. The number of nitrogens with two attached hydrogens (primary N) is 1. The molecule has 0 spiro atoms. The second kappa shape index (κ2) is 6.12. The molecule has 1 aromatic heterocycles. The molecule has 106 valence electrons. The Kier molecular flexibility index (Phi) is 5.02. The van der Waals surface area contributed by atoms with Crippen molar-refractivity contribution in [1.29, 1.82) is 0 Å². The number of aliphatic carboxylic acids is 1. The molecule has 19 heavy (non-hydrogen) atoms. The van der Waals surface area contributed by atoms with E-state index in [0.717, 1.165) is 0 Å². The van der Waals surface area contributed by atoms with E-state index in [9.17, 15) is 9.59 Å². The van der Waals surface area contributed by atoms with Crippen molar-refractivity contribution in [2.45, 2.75) is 30.4 Å². The van der Waals surface area contributed by atoms with Crippen LogP contribution >= 0.6 is 11.8 Å². The van der Waals surface area contributed by atoms with E-state index in [1.807, 2.05) is 0 Å². The van der Waals surface area contributed by atoms with Crippen molar-refractivity contribution < 1.29 is 23.8 Å². The smallest absolute Gasteiger partial charge is 0.341 e. The molecule has 0 aliphatic carbocycles. The number of carbonyl (C=O) groups is 2. The number of ether oxygens (including phenoxy) is 1. The first-order valence-electron chi connectivity index (χ1n) is 5.56. The lowest BCUT2D eigenvalue weighted by Crippen LogP contribution is -2.46. The number of furan rings is 1. The minimum absolute atomic E-state index is 0.339. The van der Waals surface area contributed by atoms with Gasteiger partial charge in [0.25, 0.3) is 0 Å². The third-order valence-electron chi connectivity index (χ3n) is 2.74. The molecule has 0 aliphatic heterocycles. The summed E-state index contributed by atoms with van der Waals surface area (Å²) in [5, 5.41) is 8.92. The average molecular weight is 287 g/mol. The predicted octanol–water partition coefficient (Wildman–Crippen LogP) is 1.49. The average Bonchev–Trinajstić information content (AvgIpc) is 2.82. The zero-order chi connectivity index (χ0) is 14.6. The highest BCUT2D eigenvalue weighted by Crippen LogP contribution is 2.32. The number of carbonyl (C=O) groups excluding carboxylic acids is 1. The summed E-state index contributed by atoms with van der Waals surface area (Å²) in [5.74, 6) is -0.761. The number of carboxylic acid groups (broad SMARTS) is 1. The number of carboxylic acids is 1. The first-order chi connectivity index (χ1) is 8.79. The molecule has 3 N–H and O–H groups in total. The predicted molar refractivity (Wildman–Crippen MR) is 71.0 cm³/mol. The van der Waals surface area contributed by atoms with E-state index < -0.39 is 22.7 Å². The summed E-state index contributed by atoms with van der Waals surface area (Å²) in [4.78, 5) is 22.3. The van der Waals surface area contributed by atoms with Gasteiger partial charge in [-0.05, 0) is 19.9 Å². The molecule has 1 aromatic rings.